The van der Waals surface area contributed by atoms with Crippen LogP contribution in [0.15, 0.2) is 48.5 Å². The minimum absolute atomic E-state index is 0.0367. The van der Waals surface area contributed by atoms with Crippen LogP contribution in [0.25, 0.3) is 0 Å². The van der Waals surface area contributed by atoms with Crippen LogP contribution in [0.3, 0.4) is 0 Å². The van der Waals surface area contributed by atoms with Crippen molar-refractivity contribution in [2.24, 2.45) is 17.3 Å². The molecule has 168 valence electrons. The number of aliphatic hydroxyl groups excluding tert-OH is 1. The number of aryl methyl sites for hydroxylation is 1. The van der Waals surface area contributed by atoms with Gasteiger partial charge in [0, 0.05) is 5.92 Å². The number of benzene rings is 2. The summed E-state index contributed by atoms with van der Waals surface area (Å²) in [4.78, 5) is 13.4. The summed E-state index contributed by atoms with van der Waals surface area (Å²) in [6.07, 6.45) is 3.07. The third kappa shape index (κ3) is 5.57. The molecule has 1 saturated carbocycles. The highest BCUT2D eigenvalue weighted by Gasteiger charge is 2.47. The number of hydrogen-bond acceptors (Lipinski definition) is 3. The molecule has 0 aromatic heterocycles. The lowest BCUT2D eigenvalue weighted by Gasteiger charge is -2.25. The minimum Gasteiger partial charge on any atom is -0.493 e. The molecule has 0 radical (unpaired) electrons. The first-order valence-corrected chi connectivity index (χ1v) is 11.8. The van der Waals surface area contributed by atoms with E-state index in [2.05, 4.69) is 58.9 Å². The maximum atomic E-state index is 13.4. The molecule has 0 amide bonds. The number of aliphatic hydroxyl groups is 1. The van der Waals surface area contributed by atoms with Gasteiger partial charge in [-0.2, -0.15) is 0 Å². The fourth-order valence-electron chi connectivity index (χ4n) is 4.78. The molecule has 1 aliphatic carbocycles. The molecule has 0 saturated heterocycles. The average molecular weight is 423 g/mol. The van der Waals surface area contributed by atoms with Gasteiger partial charge in [-0.15, -0.1) is 0 Å². The van der Waals surface area contributed by atoms with E-state index in [-0.39, 0.29) is 23.2 Å². The van der Waals surface area contributed by atoms with Crippen molar-refractivity contribution in [2.45, 2.75) is 72.3 Å². The molecule has 0 heterocycles. The van der Waals surface area contributed by atoms with Crippen LogP contribution in [-0.2, 0) is 11.2 Å². The molecule has 2 aromatic rings. The zero-order valence-corrected chi connectivity index (χ0v) is 19.7. The molecule has 0 bridgehead atoms. The van der Waals surface area contributed by atoms with Gasteiger partial charge in [0.1, 0.15) is 11.5 Å². The van der Waals surface area contributed by atoms with Crippen molar-refractivity contribution in [3.8, 4) is 5.75 Å². The molecule has 1 aliphatic rings. The van der Waals surface area contributed by atoms with Crippen molar-refractivity contribution >= 4 is 5.78 Å². The lowest BCUT2D eigenvalue weighted by molar-refractivity contribution is -0.127. The Balaban J connectivity index is 1.80. The first-order valence-electron chi connectivity index (χ1n) is 11.8. The van der Waals surface area contributed by atoms with E-state index in [0.717, 1.165) is 37.0 Å². The van der Waals surface area contributed by atoms with Crippen molar-refractivity contribution < 1.29 is 14.6 Å². The van der Waals surface area contributed by atoms with Gasteiger partial charge in [0.25, 0.3) is 0 Å². The van der Waals surface area contributed by atoms with Gasteiger partial charge in [0.15, 0.2) is 0 Å². The standard InChI is InChI=1S/C28H38O3/c1-6-9-26(29)21-10-8-11-22(16-21)31-18-24-23(17-25(27(24)30)28(3,4)5)20-14-12-19(7-2)13-15-20/h8,10-16,23-26,29H,6-7,9,17-18H2,1-5H3/t23-,24-,25?,26?/m1/s1. The predicted octanol–water partition coefficient (Wildman–Crippen LogP) is 6.50. The third-order valence-electron chi connectivity index (χ3n) is 6.78. The van der Waals surface area contributed by atoms with Gasteiger partial charge in [-0.3, -0.25) is 4.79 Å². The molecule has 0 spiro atoms. The summed E-state index contributed by atoms with van der Waals surface area (Å²) >= 11 is 0. The van der Waals surface area contributed by atoms with E-state index in [0.29, 0.717) is 12.4 Å². The van der Waals surface area contributed by atoms with E-state index >= 15 is 0 Å². The van der Waals surface area contributed by atoms with Crippen LogP contribution in [0.4, 0.5) is 0 Å². The lowest BCUT2D eigenvalue weighted by Crippen LogP contribution is -2.29. The molecular weight excluding hydrogens is 384 g/mol. The van der Waals surface area contributed by atoms with Gasteiger partial charge in [0.05, 0.1) is 18.6 Å². The van der Waals surface area contributed by atoms with E-state index in [1.165, 1.54) is 11.1 Å². The van der Waals surface area contributed by atoms with Crippen LogP contribution in [0, 0.1) is 17.3 Å². The number of Topliss-reactive ketones (excluding diaryl/α,β-unsaturated/α-hetero) is 1. The quantitative estimate of drug-likeness (QED) is 0.528. The van der Waals surface area contributed by atoms with Gasteiger partial charge in [-0.25, -0.2) is 0 Å². The average Bonchev–Trinajstić information content (AvgIpc) is 3.09. The molecule has 1 N–H and O–H groups in total. The lowest BCUT2D eigenvalue weighted by atomic mass is 9.78. The van der Waals surface area contributed by atoms with Gasteiger partial charge in [0.2, 0.25) is 0 Å². The Morgan fingerprint density at radius 3 is 2.42 bits per heavy atom. The summed E-state index contributed by atoms with van der Waals surface area (Å²) in [5.74, 6) is 1.10. The van der Waals surface area contributed by atoms with E-state index in [9.17, 15) is 9.90 Å². The maximum absolute atomic E-state index is 13.4. The van der Waals surface area contributed by atoms with Gasteiger partial charge in [-0.1, -0.05) is 77.4 Å². The Hall–Kier alpha value is -2.13. The Labute approximate surface area is 187 Å². The fourth-order valence-corrected chi connectivity index (χ4v) is 4.78. The van der Waals surface area contributed by atoms with Crippen molar-refractivity contribution in [1.29, 1.82) is 0 Å². The number of ether oxygens (including phenoxy) is 1. The second kappa shape index (κ2) is 9.99. The van der Waals surface area contributed by atoms with Crippen molar-refractivity contribution in [3.05, 3.63) is 65.2 Å². The molecule has 3 rings (SSSR count). The molecule has 1 fully saturated rings. The Morgan fingerprint density at radius 2 is 1.81 bits per heavy atom. The molecular formula is C28H38O3. The summed E-state index contributed by atoms with van der Waals surface area (Å²) in [7, 11) is 0. The van der Waals surface area contributed by atoms with E-state index in [4.69, 9.17) is 4.74 Å². The molecule has 31 heavy (non-hydrogen) atoms. The van der Waals surface area contributed by atoms with Crippen molar-refractivity contribution in [3.63, 3.8) is 0 Å². The third-order valence-corrected chi connectivity index (χ3v) is 6.78. The monoisotopic (exact) mass is 422 g/mol. The van der Waals surface area contributed by atoms with Gasteiger partial charge >= 0.3 is 0 Å². The fraction of sp³-hybridized carbons (Fsp3) is 0.536. The Kier molecular flexibility index (Phi) is 7.59. The van der Waals surface area contributed by atoms with E-state index < -0.39 is 6.10 Å². The minimum atomic E-state index is -0.475. The second-order valence-corrected chi connectivity index (χ2v) is 10.1. The van der Waals surface area contributed by atoms with Crippen LogP contribution >= 0.6 is 0 Å². The number of carbonyl (C=O) groups excluding carboxylic acids is 1. The Morgan fingerprint density at radius 1 is 1.10 bits per heavy atom. The first-order chi connectivity index (χ1) is 14.7. The predicted molar refractivity (Wildman–Crippen MR) is 126 cm³/mol. The number of ketones is 1. The van der Waals surface area contributed by atoms with Crippen LogP contribution in [-0.4, -0.2) is 17.5 Å². The summed E-state index contributed by atoms with van der Waals surface area (Å²) in [5, 5.41) is 10.3. The highest BCUT2D eigenvalue weighted by molar-refractivity contribution is 5.87. The number of hydrogen-bond donors (Lipinski definition) is 1. The van der Waals surface area contributed by atoms with E-state index in [1.807, 2.05) is 24.3 Å². The number of carbonyl (C=O) groups is 1. The van der Waals surface area contributed by atoms with E-state index in [1.54, 1.807) is 0 Å². The summed E-state index contributed by atoms with van der Waals surface area (Å²) in [6.45, 7) is 11.1. The first kappa shape index (κ1) is 23.5. The van der Waals surface area contributed by atoms with Crippen LogP contribution in [0.5, 0.6) is 5.75 Å². The van der Waals surface area contributed by atoms with Crippen LogP contribution in [0.1, 0.15) is 82.6 Å². The molecule has 2 unspecified atom stereocenters. The smallest absolute Gasteiger partial charge is 0.143 e. The molecule has 4 atom stereocenters. The highest BCUT2D eigenvalue weighted by atomic mass is 16.5. The summed E-state index contributed by atoms with van der Waals surface area (Å²) < 4.78 is 6.16. The largest absolute Gasteiger partial charge is 0.493 e. The maximum Gasteiger partial charge on any atom is 0.143 e. The Bertz CT molecular complexity index is 863. The molecule has 0 aliphatic heterocycles. The van der Waals surface area contributed by atoms with Crippen LogP contribution < -0.4 is 4.74 Å². The van der Waals surface area contributed by atoms with Crippen LogP contribution in [0.2, 0.25) is 0 Å². The topological polar surface area (TPSA) is 46.5 Å². The molecule has 3 nitrogen and oxygen atoms in total. The van der Waals surface area contributed by atoms with Gasteiger partial charge < -0.3 is 9.84 Å². The second-order valence-electron chi connectivity index (χ2n) is 10.1. The zero-order chi connectivity index (χ0) is 22.6. The van der Waals surface area contributed by atoms with Gasteiger partial charge in [-0.05, 0) is 59.4 Å². The molecule has 3 heteroatoms. The number of rotatable bonds is 8. The van der Waals surface area contributed by atoms with Crippen molar-refractivity contribution in [1.82, 2.24) is 0 Å². The zero-order valence-electron chi connectivity index (χ0n) is 19.7. The highest BCUT2D eigenvalue weighted by Crippen LogP contribution is 2.47. The summed E-state index contributed by atoms with van der Waals surface area (Å²) in [5.41, 5.74) is 3.36. The summed E-state index contributed by atoms with van der Waals surface area (Å²) in [6, 6.07) is 16.4. The SMILES string of the molecule is CCCC(O)c1cccc(OC[C@H]2C(=O)C(C(C)(C)C)C[C@@H]2c2ccc(CC)cc2)c1. The molecule has 2 aromatic carbocycles. The normalized spacial score (nSPS) is 22.5. The van der Waals surface area contributed by atoms with Crippen molar-refractivity contribution in [2.75, 3.05) is 6.61 Å².